The van der Waals surface area contributed by atoms with Crippen molar-refractivity contribution in [2.75, 3.05) is 13.1 Å². The van der Waals surface area contributed by atoms with Crippen molar-refractivity contribution in [2.45, 2.75) is 65.5 Å². The zero-order valence-electron chi connectivity index (χ0n) is 16.9. The summed E-state index contributed by atoms with van der Waals surface area (Å²) < 4.78 is 2.07. The van der Waals surface area contributed by atoms with Gasteiger partial charge in [-0.05, 0) is 37.1 Å². The average molecular weight is 389 g/mol. The minimum atomic E-state index is 0.338. The van der Waals surface area contributed by atoms with E-state index in [4.69, 9.17) is 4.99 Å². The van der Waals surface area contributed by atoms with Gasteiger partial charge in [0, 0.05) is 36.3 Å². The molecule has 0 aliphatic carbocycles. The van der Waals surface area contributed by atoms with Crippen molar-refractivity contribution in [3.63, 3.8) is 0 Å². The third-order valence-electron chi connectivity index (χ3n) is 4.77. The lowest BCUT2D eigenvalue weighted by Crippen LogP contribution is -2.47. The quantitative estimate of drug-likeness (QED) is 0.565. The summed E-state index contributed by atoms with van der Waals surface area (Å²) in [4.78, 5) is 10.9. The number of aliphatic imine (C=N–C) groups is 1. The second kappa shape index (κ2) is 9.35. The summed E-state index contributed by atoms with van der Waals surface area (Å²) in [5, 5.41) is 13.8. The molecule has 2 atom stereocenters. The number of hydrogen-bond acceptors (Lipinski definition) is 4. The molecule has 6 nitrogen and oxygen atoms in total. The topological polar surface area (TPSA) is 67.1 Å². The number of aromatic nitrogens is 3. The van der Waals surface area contributed by atoms with Crippen molar-refractivity contribution >= 4 is 17.3 Å². The van der Waals surface area contributed by atoms with E-state index in [1.165, 1.54) is 4.88 Å². The van der Waals surface area contributed by atoms with Crippen LogP contribution in [0.4, 0.5) is 0 Å². The molecule has 3 heterocycles. The molecule has 1 aliphatic rings. The molecule has 2 aromatic rings. The Morgan fingerprint density at radius 2 is 2.26 bits per heavy atom. The van der Waals surface area contributed by atoms with Crippen LogP contribution in [-0.2, 0) is 19.4 Å². The molecule has 148 valence electrons. The lowest BCUT2D eigenvalue weighted by molar-refractivity contribution is 0.391. The maximum atomic E-state index is 4.83. The van der Waals surface area contributed by atoms with E-state index < -0.39 is 0 Å². The highest BCUT2D eigenvalue weighted by atomic mass is 32.1. The van der Waals surface area contributed by atoms with Crippen LogP contribution in [0.3, 0.4) is 0 Å². The van der Waals surface area contributed by atoms with Gasteiger partial charge >= 0.3 is 0 Å². The van der Waals surface area contributed by atoms with Crippen molar-refractivity contribution in [3.8, 4) is 0 Å². The van der Waals surface area contributed by atoms with Crippen molar-refractivity contribution in [1.82, 2.24) is 25.4 Å². The van der Waals surface area contributed by atoms with Crippen molar-refractivity contribution in [2.24, 2.45) is 10.9 Å². The number of fused-ring (bicyclic) bond motifs is 1. The number of nitrogens with zero attached hydrogens (tertiary/aromatic N) is 4. The Bertz CT molecular complexity index is 734. The van der Waals surface area contributed by atoms with Crippen molar-refractivity contribution in [3.05, 3.63) is 34.0 Å². The van der Waals surface area contributed by atoms with Gasteiger partial charge in [0.2, 0.25) is 0 Å². The smallest absolute Gasteiger partial charge is 0.191 e. The molecule has 1 aliphatic heterocycles. The zero-order chi connectivity index (χ0) is 19.2. The van der Waals surface area contributed by atoms with Gasteiger partial charge in [0.25, 0.3) is 0 Å². The molecule has 7 heteroatoms. The lowest BCUT2D eigenvalue weighted by Gasteiger charge is -2.25. The highest BCUT2D eigenvalue weighted by Gasteiger charge is 2.23. The molecule has 0 fully saturated rings. The molecule has 0 bridgehead atoms. The van der Waals surface area contributed by atoms with Crippen LogP contribution < -0.4 is 10.6 Å². The van der Waals surface area contributed by atoms with Gasteiger partial charge in [-0.1, -0.05) is 26.8 Å². The minimum Gasteiger partial charge on any atom is -0.357 e. The predicted molar refractivity (Wildman–Crippen MR) is 113 cm³/mol. The number of aryl methyl sites for hydroxylation is 1. The average Bonchev–Trinajstić information content (AvgIpc) is 3.29. The monoisotopic (exact) mass is 388 g/mol. The van der Waals surface area contributed by atoms with Crippen molar-refractivity contribution < 1.29 is 0 Å². The predicted octanol–water partition coefficient (Wildman–Crippen LogP) is 3.21. The van der Waals surface area contributed by atoms with Crippen LogP contribution >= 0.6 is 11.3 Å². The van der Waals surface area contributed by atoms with Gasteiger partial charge in [0.15, 0.2) is 11.8 Å². The molecule has 2 unspecified atom stereocenters. The molecule has 0 spiro atoms. The van der Waals surface area contributed by atoms with Crippen molar-refractivity contribution in [1.29, 1.82) is 0 Å². The largest absolute Gasteiger partial charge is 0.357 e. The molecule has 0 aromatic carbocycles. The third-order valence-corrected chi connectivity index (χ3v) is 5.67. The van der Waals surface area contributed by atoms with E-state index in [1.807, 2.05) is 11.3 Å². The minimum absolute atomic E-state index is 0.338. The lowest BCUT2D eigenvalue weighted by atomic mass is 10.1. The van der Waals surface area contributed by atoms with E-state index in [9.17, 15) is 0 Å². The van der Waals surface area contributed by atoms with Gasteiger partial charge in [-0.25, -0.2) is 9.67 Å². The summed E-state index contributed by atoms with van der Waals surface area (Å²) >= 11 is 1.83. The summed E-state index contributed by atoms with van der Waals surface area (Å²) in [6.07, 6.45) is 3.11. The van der Waals surface area contributed by atoms with E-state index in [0.29, 0.717) is 17.9 Å². The van der Waals surface area contributed by atoms with Crippen LogP contribution in [0.2, 0.25) is 0 Å². The maximum absolute atomic E-state index is 4.83. The van der Waals surface area contributed by atoms with Crippen LogP contribution in [0.25, 0.3) is 0 Å². The fraction of sp³-hybridized carbons (Fsp3) is 0.650. The van der Waals surface area contributed by atoms with E-state index in [0.717, 1.165) is 56.5 Å². The number of thiophene rings is 1. The van der Waals surface area contributed by atoms with E-state index in [-0.39, 0.29) is 0 Å². The molecule has 27 heavy (non-hydrogen) atoms. The maximum Gasteiger partial charge on any atom is 0.191 e. The first-order chi connectivity index (χ1) is 13.0. The van der Waals surface area contributed by atoms with E-state index >= 15 is 0 Å². The normalized spacial score (nSPS) is 18.4. The van der Waals surface area contributed by atoms with Crippen LogP contribution in [0.15, 0.2) is 22.5 Å². The Hall–Kier alpha value is -1.89. The van der Waals surface area contributed by atoms with Gasteiger partial charge in [0.1, 0.15) is 5.82 Å². The Morgan fingerprint density at radius 1 is 1.41 bits per heavy atom. The van der Waals surface area contributed by atoms with Crippen LogP contribution in [-0.4, -0.2) is 39.9 Å². The fourth-order valence-corrected chi connectivity index (χ4v) is 4.16. The zero-order valence-corrected chi connectivity index (χ0v) is 17.7. The molecule has 0 saturated heterocycles. The van der Waals surface area contributed by atoms with Gasteiger partial charge < -0.3 is 10.6 Å². The Morgan fingerprint density at radius 3 is 2.96 bits per heavy atom. The summed E-state index contributed by atoms with van der Waals surface area (Å²) in [5.41, 5.74) is 0. The van der Waals surface area contributed by atoms with Gasteiger partial charge in [-0.15, -0.1) is 11.3 Å². The van der Waals surface area contributed by atoms with Gasteiger partial charge in [0.05, 0.1) is 6.54 Å². The molecule has 3 rings (SSSR count). The summed E-state index contributed by atoms with van der Waals surface area (Å²) in [5.74, 6) is 3.88. The summed E-state index contributed by atoms with van der Waals surface area (Å²) in [7, 11) is 0. The molecule has 0 saturated carbocycles. The standard InChI is InChI=1S/C20H32N6S/c1-5-21-20(22-12-15(4)11-17-7-6-10-27-17)23-16-8-9-18-24-19(14(2)3)25-26(18)13-16/h6-7,10,14-16H,5,8-9,11-13H2,1-4H3,(H2,21,22,23). The second-order valence-electron chi connectivity index (χ2n) is 7.71. The first-order valence-electron chi connectivity index (χ1n) is 10.1. The van der Waals surface area contributed by atoms with Crippen LogP contribution in [0, 0.1) is 5.92 Å². The first-order valence-corrected chi connectivity index (χ1v) is 10.9. The molecule has 2 aromatic heterocycles. The Labute approximate surface area is 166 Å². The Balaban J connectivity index is 1.57. The second-order valence-corrected chi connectivity index (χ2v) is 8.74. The molecular weight excluding hydrogens is 356 g/mol. The highest BCUT2D eigenvalue weighted by Crippen LogP contribution is 2.17. The van der Waals surface area contributed by atoms with Crippen LogP contribution in [0.5, 0.6) is 0 Å². The van der Waals surface area contributed by atoms with E-state index in [2.05, 4.69) is 70.6 Å². The van der Waals surface area contributed by atoms with E-state index in [1.54, 1.807) is 0 Å². The SMILES string of the molecule is CCNC(=NCC(C)Cc1cccs1)NC1CCc2nc(C(C)C)nn2C1. The summed E-state index contributed by atoms with van der Waals surface area (Å²) in [6, 6.07) is 4.66. The number of hydrogen-bond donors (Lipinski definition) is 2. The summed E-state index contributed by atoms with van der Waals surface area (Å²) in [6.45, 7) is 11.2. The molecular formula is C20H32N6S. The van der Waals surface area contributed by atoms with Gasteiger partial charge in [-0.3, -0.25) is 4.99 Å². The number of nitrogens with one attached hydrogen (secondary N) is 2. The Kier molecular flexibility index (Phi) is 6.88. The third kappa shape index (κ3) is 5.54. The molecule has 2 N–H and O–H groups in total. The first kappa shape index (κ1) is 19.9. The number of rotatable bonds is 7. The fourth-order valence-electron chi connectivity index (χ4n) is 3.29. The highest BCUT2D eigenvalue weighted by molar-refractivity contribution is 7.09. The number of guanidine groups is 1. The molecule has 0 radical (unpaired) electrons. The molecule has 0 amide bonds. The van der Waals surface area contributed by atoms with Crippen LogP contribution in [0.1, 0.15) is 56.6 Å². The van der Waals surface area contributed by atoms with Gasteiger partial charge in [-0.2, -0.15) is 5.10 Å².